The lowest BCUT2D eigenvalue weighted by Crippen LogP contribution is -2.43. The van der Waals surface area contributed by atoms with Gasteiger partial charge in [-0.1, -0.05) is 34.5 Å². The molecule has 1 saturated heterocycles. The number of carbonyl (C=O) groups excluding carboxylic acids is 1. The van der Waals surface area contributed by atoms with Gasteiger partial charge in [-0.3, -0.25) is 14.6 Å². The summed E-state index contributed by atoms with van der Waals surface area (Å²) in [6.45, 7) is 6.27. The molecule has 0 bridgehead atoms. The Hall–Kier alpha value is -1.90. The summed E-state index contributed by atoms with van der Waals surface area (Å²) in [6, 6.07) is 8.82. The average molecular weight is 480 g/mol. The molecule has 0 atom stereocenters. The van der Waals surface area contributed by atoms with E-state index in [0.717, 1.165) is 28.9 Å². The SMILES string of the molecule is COc1ccc(Cl)cc1C(=O)N(CCN1CCOCC1)c1nc2c(C)cc(Cl)cc2s1. The second-order valence-electron chi connectivity index (χ2n) is 7.32. The van der Waals surface area contributed by atoms with Crippen LogP contribution in [0.5, 0.6) is 5.75 Å². The highest BCUT2D eigenvalue weighted by atomic mass is 35.5. The van der Waals surface area contributed by atoms with Crippen LogP contribution in [0, 0.1) is 6.92 Å². The fourth-order valence-corrected chi connectivity index (χ4v) is 5.22. The fraction of sp³-hybridized carbons (Fsp3) is 0.364. The first kappa shape index (κ1) is 22.3. The van der Waals surface area contributed by atoms with E-state index in [-0.39, 0.29) is 5.91 Å². The quantitative estimate of drug-likeness (QED) is 0.503. The van der Waals surface area contributed by atoms with Gasteiger partial charge in [0.25, 0.3) is 5.91 Å². The third kappa shape index (κ3) is 4.96. The standard InChI is InChI=1S/C22H23Cl2N3O3S/c1-14-11-16(24)13-19-20(14)25-22(31-19)27(6-5-26-7-9-30-10-8-26)21(28)17-12-15(23)3-4-18(17)29-2/h3-4,11-13H,5-10H2,1-2H3. The highest BCUT2D eigenvalue weighted by Crippen LogP contribution is 2.34. The van der Waals surface area contributed by atoms with Crippen molar-refractivity contribution in [1.29, 1.82) is 0 Å². The smallest absolute Gasteiger partial charge is 0.263 e. The van der Waals surface area contributed by atoms with Crippen molar-refractivity contribution in [3.63, 3.8) is 0 Å². The highest BCUT2D eigenvalue weighted by molar-refractivity contribution is 7.22. The van der Waals surface area contributed by atoms with Gasteiger partial charge in [-0.25, -0.2) is 4.98 Å². The molecular formula is C22H23Cl2N3O3S. The lowest BCUT2D eigenvalue weighted by atomic mass is 10.1. The summed E-state index contributed by atoms with van der Waals surface area (Å²) >= 11 is 13.9. The minimum absolute atomic E-state index is 0.199. The molecule has 0 radical (unpaired) electrons. The molecule has 3 aromatic rings. The molecule has 1 aromatic heterocycles. The van der Waals surface area contributed by atoms with Crippen LogP contribution in [0.15, 0.2) is 30.3 Å². The van der Waals surface area contributed by atoms with E-state index in [9.17, 15) is 4.79 Å². The third-order valence-corrected chi connectivity index (χ3v) is 6.73. The second kappa shape index (κ2) is 9.71. The predicted octanol–water partition coefficient (Wildman–Crippen LogP) is 4.90. The Morgan fingerprint density at radius 1 is 1.23 bits per heavy atom. The summed E-state index contributed by atoms with van der Waals surface area (Å²) in [6.07, 6.45) is 0. The number of amides is 1. The van der Waals surface area contributed by atoms with Gasteiger partial charge in [0.05, 0.1) is 36.1 Å². The number of fused-ring (bicyclic) bond motifs is 1. The van der Waals surface area contributed by atoms with E-state index in [0.29, 0.717) is 52.8 Å². The van der Waals surface area contributed by atoms with Crippen molar-refractivity contribution in [2.75, 3.05) is 51.4 Å². The molecule has 9 heteroatoms. The molecule has 0 saturated carbocycles. The van der Waals surface area contributed by atoms with Crippen molar-refractivity contribution < 1.29 is 14.3 Å². The van der Waals surface area contributed by atoms with Gasteiger partial charge in [0.1, 0.15) is 5.75 Å². The largest absolute Gasteiger partial charge is 0.496 e. The number of ether oxygens (including phenoxy) is 2. The zero-order valence-electron chi connectivity index (χ0n) is 17.4. The number of hydrogen-bond donors (Lipinski definition) is 0. The zero-order chi connectivity index (χ0) is 22.0. The lowest BCUT2D eigenvalue weighted by Gasteiger charge is -2.29. The summed E-state index contributed by atoms with van der Waals surface area (Å²) in [5, 5.41) is 1.76. The van der Waals surface area contributed by atoms with Crippen LogP contribution in [0.4, 0.5) is 5.13 Å². The maximum Gasteiger partial charge on any atom is 0.263 e. The van der Waals surface area contributed by atoms with Gasteiger partial charge in [-0.05, 0) is 42.8 Å². The summed E-state index contributed by atoms with van der Waals surface area (Å²) in [5.74, 6) is 0.279. The maximum absolute atomic E-state index is 13.7. The van der Waals surface area contributed by atoms with Crippen LogP contribution in [0.25, 0.3) is 10.2 Å². The van der Waals surface area contributed by atoms with E-state index in [1.54, 1.807) is 30.2 Å². The monoisotopic (exact) mass is 479 g/mol. The van der Waals surface area contributed by atoms with Gasteiger partial charge in [0.15, 0.2) is 5.13 Å². The Balaban J connectivity index is 1.71. The number of thiazole rings is 1. The van der Waals surface area contributed by atoms with Crippen LogP contribution < -0.4 is 9.64 Å². The first-order chi connectivity index (χ1) is 15.0. The zero-order valence-corrected chi connectivity index (χ0v) is 19.7. The molecule has 164 valence electrons. The molecule has 0 N–H and O–H groups in total. The van der Waals surface area contributed by atoms with Gasteiger partial charge in [0.2, 0.25) is 0 Å². The number of anilines is 1. The first-order valence-corrected chi connectivity index (χ1v) is 11.6. The molecule has 0 spiro atoms. The summed E-state index contributed by atoms with van der Waals surface area (Å²) in [4.78, 5) is 22.4. The summed E-state index contributed by atoms with van der Waals surface area (Å²) in [7, 11) is 1.54. The van der Waals surface area contributed by atoms with Gasteiger partial charge >= 0.3 is 0 Å². The van der Waals surface area contributed by atoms with Crippen LogP contribution >= 0.6 is 34.5 Å². The van der Waals surface area contributed by atoms with Crippen molar-refractivity contribution in [1.82, 2.24) is 9.88 Å². The number of aryl methyl sites for hydroxylation is 1. The topological polar surface area (TPSA) is 54.9 Å². The Morgan fingerprint density at radius 2 is 2.00 bits per heavy atom. The Bertz CT molecular complexity index is 1100. The molecule has 6 nitrogen and oxygen atoms in total. The molecule has 1 aliphatic heterocycles. The van der Waals surface area contributed by atoms with E-state index < -0.39 is 0 Å². The van der Waals surface area contributed by atoms with Crippen LogP contribution in [0.2, 0.25) is 10.0 Å². The van der Waals surface area contributed by atoms with Gasteiger partial charge in [0, 0.05) is 36.2 Å². The van der Waals surface area contributed by atoms with Crippen LogP contribution in [-0.2, 0) is 4.74 Å². The van der Waals surface area contributed by atoms with E-state index >= 15 is 0 Å². The number of rotatable bonds is 6. The molecule has 1 amide bonds. The number of halogens is 2. The minimum Gasteiger partial charge on any atom is -0.496 e. The van der Waals surface area contributed by atoms with E-state index in [2.05, 4.69) is 4.90 Å². The number of morpholine rings is 1. The normalized spacial score (nSPS) is 14.7. The number of benzene rings is 2. The van der Waals surface area contributed by atoms with Crippen LogP contribution in [-0.4, -0.2) is 62.3 Å². The van der Waals surface area contributed by atoms with Crippen LogP contribution in [0.1, 0.15) is 15.9 Å². The Labute approximate surface area is 195 Å². The molecule has 1 fully saturated rings. The molecule has 0 aliphatic carbocycles. The molecular weight excluding hydrogens is 457 g/mol. The number of carbonyl (C=O) groups is 1. The van der Waals surface area contributed by atoms with E-state index in [4.69, 9.17) is 37.7 Å². The fourth-order valence-electron chi connectivity index (χ4n) is 3.60. The Kier molecular flexibility index (Phi) is 6.99. The van der Waals surface area contributed by atoms with Crippen molar-refractivity contribution in [3.05, 3.63) is 51.5 Å². The van der Waals surface area contributed by atoms with Gasteiger partial charge < -0.3 is 9.47 Å². The molecule has 4 rings (SSSR count). The summed E-state index contributed by atoms with van der Waals surface area (Å²) in [5.41, 5.74) is 2.24. The molecule has 1 aliphatic rings. The number of nitrogens with zero attached hydrogens (tertiary/aromatic N) is 3. The molecule has 2 heterocycles. The first-order valence-electron chi connectivity index (χ1n) is 9.98. The van der Waals surface area contributed by atoms with E-state index in [1.165, 1.54) is 11.3 Å². The average Bonchev–Trinajstić information content (AvgIpc) is 3.18. The molecule has 2 aromatic carbocycles. The number of methoxy groups -OCH3 is 1. The molecule has 0 unspecified atom stereocenters. The molecule has 31 heavy (non-hydrogen) atoms. The van der Waals surface area contributed by atoms with Gasteiger partial charge in [-0.2, -0.15) is 0 Å². The predicted molar refractivity (Wildman–Crippen MR) is 126 cm³/mol. The highest BCUT2D eigenvalue weighted by Gasteiger charge is 2.26. The number of hydrogen-bond acceptors (Lipinski definition) is 6. The van der Waals surface area contributed by atoms with Crippen molar-refractivity contribution in [2.45, 2.75) is 6.92 Å². The number of aromatic nitrogens is 1. The van der Waals surface area contributed by atoms with Crippen LogP contribution in [0.3, 0.4) is 0 Å². The Morgan fingerprint density at radius 3 is 2.74 bits per heavy atom. The van der Waals surface area contributed by atoms with Gasteiger partial charge in [-0.15, -0.1) is 0 Å². The lowest BCUT2D eigenvalue weighted by molar-refractivity contribution is 0.0391. The van der Waals surface area contributed by atoms with Crippen molar-refractivity contribution in [2.24, 2.45) is 0 Å². The third-order valence-electron chi connectivity index (χ3n) is 5.25. The minimum atomic E-state index is -0.199. The maximum atomic E-state index is 13.7. The van der Waals surface area contributed by atoms with Crippen molar-refractivity contribution in [3.8, 4) is 5.75 Å². The second-order valence-corrected chi connectivity index (χ2v) is 9.20. The van der Waals surface area contributed by atoms with Crippen molar-refractivity contribution >= 4 is 55.8 Å². The van der Waals surface area contributed by atoms with E-state index in [1.807, 2.05) is 19.1 Å². The summed E-state index contributed by atoms with van der Waals surface area (Å²) < 4.78 is 11.8.